The van der Waals surface area contributed by atoms with Crippen LogP contribution in [0.4, 0.5) is 0 Å². The highest BCUT2D eigenvalue weighted by Crippen LogP contribution is 2.12. The van der Waals surface area contributed by atoms with E-state index in [9.17, 15) is 4.79 Å². The number of piperazine rings is 1. The van der Waals surface area contributed by atoms with Crippen molar-refractivity contribution in [3.8, 4) is 0 Å². The Labute approximate surface area is 137 Å². The number of ether oxygens (including phenoxy) is 1. The van der Waals surface area contributed by atoms with Crippen LogP contribution in [-0.2, 0) is 9.53 Å². The fraction of sp³-hybridized carbons (Fsp3) is 0.500. The maximum atomic E-state index is 13.0. The number of rotatable bonds is 4. The quantitative estimate of drug-likeness (QED) is 0.894. The molecule has 2 aliphatic heterocycles. The number of nitrogens with one attached hydrogen (secondary N) is 1. The molecular formula is C18H25N3O2. The molecule has 0 aromatic heterocycles. The number of benzene rings is 1. The van der Waals surface area contributed by atoms with Crippen LogP contribution in [0.15, 0.2) is 36.4 Å². The van der Waals surface area contributed by atoms with E-state index in [1.165, 1.54) is 0 Å². The first-order chi connectivity index (χ1) is 11.3. The van der Waals surface area contributed by atoms with Crippen LogP contribution in [0.3, 0.4) is 0 Å². The fourth-order valence-corrected chi connectivity index (χ4v) is 3.05. The molecule has 124 valence electrons. The second-order valence-corrected chi connectivity index (χ2v) is 5.94. The summed E-state index contributed by atoms with van der Waals surface area (Å²) in [5, 5.41) is 3.30. The number of hydrogen-bond donors (Lipinski definition) is 1. The van der Waals surface area contributed by atoms with E-state index in [-0.39, 0.29) is 11.9 Å². The van der Waals surface area contributed by atoms with Gasteiger partial charge < -0.3 is 15.0 Å². The summed E-state index contributed by atoms with van der Waals surface area (Å²) in [4.78, 5) is 17.2. The van der Waals surface area contributed by atoms with Gasteiger partial charge in [-0.15, -0.1) is 0 Å². The van der Waals surface area contributed by atoms with Crippen LogP contribution in [-0.4, -0.2) is 74.2 Å². The van der Waals surface area contributed by atoms with Crippen LogP contribution >= 0.6 is 0 Å². The third kappa shape index (κ3) is 4.41. The average Bonchev–Trinajstić information content (AvgIpc) is 2.64. The summed E-state index contributed by atoms with van der Waals surface area (Å²) in [5.41, 5.74) is 1.12. The molecule has 1 N–H and O–H groups in total. The van der Waals surface area contributed by atoms with Gasteiger partial charge in [0.1, 0.15) is 6.04 Å². The Hall–Kier alpha value is -1.69. The van der Waals surface area contributed by atoms with Crippen molar-refractivity contribution in [1.29, 1.82) is 0 Å². The van der Waals surface area contributed by atoms with Crippen LogP contribution in [0, 0.1) is 0 Å². The van der Waals surface area contributed by atoms with E-state index < -0.39 is 0 Å². The molecule has 5 nitrogen and oxygen atoms in total. The third-order valence-corrected chi connectivity index (χ3v) is 4.39. The zero-order valence-corrected chi connectivity index (χ0v) is 13.5. The minimum Gasteiger partial charge on any atom is -0.379 e. The molecule has 23 heavy (non-hydrogen) atoms. The minimum atomic E-state index is -0.197. The largest absolute Gasteiger partial charge is 0.379 e. The molecule has 2 heterocycles. The number of carbonyl (C=O) groups is 1. The van der Waals surface area contributed by atoms with E-state index >= 15 is 0 Å². The molecule has 2 aliphatic rings. The maximum Gasteiger partial charge on any atom is 0.244 e. The monoisotopic (exact) mass is 315 g/mol. The first-order valence-corrected chi connectivity index (χ1v) is 8.39. The van der Waals surface area contributed by atoms with Crippen LogP contribution in [0.2, 0.25) is 0 Å². The standard InChI is InChI=1S/C18H25N3O2/c22-18(21-10-8-19-9-11-21)17(20-12-14-23-15-13-20)7-6-16-4-2-1-3-5-16/h1-7,17,19H,8-15H2/b7-6-. The van der Waals surface area contributed by atoms with E-state index in [1.807, 2.05) is 29.2 Å². The van der Waals surface area contributed by atoms with Crippen LogP contribution in [0.1, 0.15) is 5.56 Å². The van der Waals surface area contributed by atoms with Crippen molar-refractivity contribution in [2.45, 2.75) is 6.04 Å². The summed E-state index contributed by atoms with van der Waals surface area (Å²) in [6.07, 6.45) is 4.10. The number of morpholine rings is 1. The van der Waals surface area contributed by atoms with E-state index in [2.05, 4.69) is 28.4 Å². The summed E-state index contributed by atoms with van der Waals surface area (Å²) in [5.74, 6) is 0.209. The zero-order valence-electron chi connectivity index (χ0n) is 13.5. The lowest BCUT2D eigenvalue weighted by Crippen LogP contribution is -2.55. The fourth-order valence-electron chi connectivity index (χ4n) is 3.05. The molecule has 2 fully saturated rings. The van der Waals surface area contributed by atoms with E-state index in [1.54, 1.807) is 0 Å². The van der Waals surface area contributed by atoms with Crippen LogP contribution < -0.4 is 5.32 Å². The zero-order chi connectivity index (χ0) is 15.9. The van der Waals surface area contributed by atoms with E-state index in [4.69, 9.17) is 4.74 Å². The van der Waals surface area contributed by atoms with Gasteiger partial charge in [-0.05, 0) is 5.56 Å². The van der Waals surface area contributed by atoms with Crippen molar-refractivity contribution in [3.63, 3.8) is 0 Å². The molecule has 0 bridgehead atoms. The van der Waals surface area contributed by atoms with Crippen molar-refractivity contribution >= 4 is 12.0 Å². The van der Waals surface area contributed by atoms with Crippen LogP contribution in [0.5, 0.6) is 0 Å². The highest BCUT2D eigenvalue weighted by atomic mass is 16.5. The summed E-state index contributed by atoms with van der Waals surface area (Å²) >= 11 is 0. The van der Waals surface area contributed by atoms with Crippen molar-refractivity contribution in [1.82, 2.24) is 15.1 Å². The van der Waals surface area contributed by atoms with Gasteiger partial charge in [-0.2, -0.15) is 0 Å². The number of carbonyl (C=O) groups excluding carboxylic acids is 1. The normalized spacial score (nSPS) is 21.5. The Morgan fingerprint density at radius 2 is 1.78 bits per heavy atom. The molecule has 3 rings (SSSR count). The molecular weight excluding hydrogens is 290 g/mol. The summed E-state index contributed by atoms with van der Waals surface area (Å²) < 4.78 is 5.44. The maximum absolute atomic E-state index is 13.0. The number of hydrogen-bond acceptors (Lipinski definition) is 4. The number of nitrogens with zero attached hydrogens (tertiary/aromatic N) is 2. The average molecular weight is 315 g/mol. The molecule has 1 unspecified atom stereocenters. The molecule has 1 amide bonds. The van der Waals surface area contributed by atoms with Crippen molar-refractivity contribution in [2.24, 2.45) is 0 Å². The summed E-state index contributed by atoms with van der Waals surface area (Å²) in [7, 11) is 0. The lowest BCUT2D eigenvalue weighted by atomic mass is 10.1. The first kappa shape index (κ1) is 16.2. The topological polar surface area (TPSA) is 44.8 Å². The van der Waals surface area contributed by atoms with E-state index in [0.717, 1.165) is 44.8 Å². The van der Waals surface area contributed by atoms with Crippen LogP contribution in [0.25, 0.3) is 6.08 Å². The van der Waals surface area contributed by atoms with Crippen molar-refractivity contribution in [3.05, 3.63) is 42.0 Å². The molecule has 1 atom stereocenters. The second kappa shape index (κ2) is 8.24. The Kier molecular flexibility index (Phi) is 5.80. The highest BCUT2D eigenvalue weighted by molar-refractivity contribution is 5.85. The molecule has 5 heteroatoms. The lowest BCUT2D eigenvalue weighted by Gasteiger charge is -2.36. The Bertz CT molecular complexity index is 520. The Balaban J connectivity index is 1.75. The predicted molar refractivity (Wildman–Crippen MR) is 91.1 cm³/mol. The molecule has 2 saturated heterocycles. The van der Waals surface area contributed by atoms with Gasteiger partial charge in [0.15, 0.2) is 0 Å². The van der Waals surface area contributed by atoms with Gasteiger partial charge in [0, 0.05) is 39.3 Å². The Morgan fingerprint density at radius 1 is 1.09 bits per heavy atom. The molecule has 1 aromatic carbocycles. The van der Waals surface area contributed by atoms with Gasteiger partial charge in [0.25, 0.3) is 0 Å². The lowest BCUT2D eigenvalue weighted by molar-refractivity contribution is -0.137. The Morgan fingerprint density at radius 3 is 2.48 bits per heavy atom. The predicted octanol–water partition coefficient (Wildman–Crippen LogP) is 0.832. The minimum absolute atomic E-state index is 0.197. The smallest absolute Gasteiger partial charge is 0.244 e. The van der Waals surface area contributed by atoms with E-state index in [0.29, 0.717) is 13.2 Å². The molecule has 0 radical (unpaired) electrons. The molecule has 0 saturated carbocycles. The van der Waals surface area contributed by atoms with Gasteiger partial charge in [-0.25, -0.2) is 0 Å². The second-order valence-electron chi connectivity index (χ2n) is 5.94. The van der Waals surface area contributed by atoms with Gasteiger partial charge in [0.05, 0.1) is 13.2 Å². The van der Waals surface area contributed by atoms with Crippen molar-refractivity contribution < 1.29 is 9.53 Å². The van der Waals surface area contributed by atoms with Gasteiger partial charge in [0.2, 0.25) is 5.91 Å². The molecule has 0 spiro atoms. The SMILES string of the molecule is O=C(C(/C=C\c1ccccc1)N1CCOCC1)N1CCNCC1. The summed E-state index contributed by atoms with van der Waals surface area (Å²) in [6, 6.07) is 9.95. The third-order valence-electron chi connectivity index (χ3n) is 4.39. The summed E-state index contributed by atoms with van der Waals surface area (Å²) in [6.45, 7) is 6.35. The van der Waals surface area contributed by atoms with Gasteiger partial charge >= 0.3 is 0 Å². The molecule has 1 aromatic rings. The van der Waals surface area contributed by atoms with Crippen molar-refractivity contribution in [2.75, 3.05) is 52.5 Å². The molecule has 0 aliphatic carbocycles. The highest BCUT2D eigenvalue weighted by Gasteiger charge is 2.29. The van der Waals surface area contributed by atoms with Gasteiger partial charge in [-0.3, -0.25) is 9.69 Å². The number of amides is 1. The van der Waals surface area contributed by atoms with Gasteiger partial charge in [-0.1, -0.05) is 42.5 Å². The first-order valence-electron chi connectivity index (χ1n) is 8.39.